The third-order valence-electron chi connectivity index (χ3n) is 1.68. The Labute approximate surface area is 92.8 Å². The molecule has 1 aromatic heterocycles. The second-order valence-electron chi connectivity index (χ2n) is 2.82. The number of nitrogens with one attached hydrogen (secondary N) is 1. The number of aromatic nitrogens is 1. The molecule has 1 aromatic rings. The van der Waals surface area contributed by atoms with E-state index in [2.05, 4.69) is 10.5 Å². The summed E-state index contributed by atoms with van der Waals surface area (Å²) in [6.45, 7) is 0.652. The molecular weight excluding hydrogens is 210 g/mol. The van der Waals surface area contributed by atoms with Crippen LogP contribution in [-0.2, 0) is 9.57 Å². The number of rotatable bonds is 5. The highest BCUT2D eigenvalue weighted by atomic mass is 16.7. The van der Waals surface area contributed by atoms with Gasteiger partial charge in [-0.3, -0.25) is 9.63 Å². The molecule has 0 saturated heterocycles. The Morgan fingerprint density at radius 1 is 1.56 bits per heavy atom. The number of nitrogens with zero attached hydrogens (tertiary/aromatic N) is 2. The highest BCUT2D eigenvalue weighted by Gasteiger charge is 2.06. The normalized spacial score (nSPS) is 9.50. The van der Waals surface area contributed by atoms with Crippen molar-refractivity contribution in [2.24, 2.45) is 0 Å². The molecule has 16 heavy (non-hydrogen) atoms. The van der Waals surface area contributed by atoms with Crippen molar-refractivity contribution in [2.75, 3.05) is 20.3 Å². The smallest absolute Gasteiger partial charge is 0.293 e. The van der Waals surface area contributed by atoms with Gasteiger partial charge >= 0.3 is 0 Å². The Morgan fingerprint density at radius 3 is 2.94 bits per heavy atom. The van der Waals surface area contributed by atoms with Gasteiger partial charge in [-0.25, -0.2) is 10.5 Å². The van der Waals surface area contributed by atoms with Gasteiger partial charge in [-0.2, -0.15) is 5.26 Å². The molecule has 0 aliphatic heterocycles. The summed E-state index contributed by atoms with van der Waals surface area (Å²) < 4.78 is 4.73. The number of methoxy groups -OCH3 is 1. The predicted molar refractivity (Wildman–Crippen MR) is 54.2 cm³/mol. The third-order valence-corrected chi connectivity index (χ3v) is 1.68. The highest BCUT2D eigenvalue weighted by Crippen LogP contribution is 1.98. The summed E-state index contributed by atoms with van der Waals surface area (Å²) in [7, 11) is 1.54. The fourth-order valence-corrected chi connectivity index (χ4v) is 0.888. The summed E-state index contributed by atoms with van der Waals surface area (Å²) in [5, 5.41) is 8.54. The molecule has 0 aromatic carbocycles. The zero-order chi connectivity index (χ0) is 11.8. The Kier molecular flexibility index (Phi) is 4.92. The Bertz CT molecular complexity index is 383. The predicted octanol–water partition coefficient (Wildman–Crippen LogP) is 0.261. The molecule has 6 nitrogen and oxygen atoms in total. The first kappa shape index (κ1) is 12.1. The van der Waals surface area contributed by atoms with Crippen LogP contribution in [0.1, 0.15) is 16.1 Å². The van der Waals surface area contributed by atoms with Gasteiger partial charge in [-0.05, 0) is 12.1 Å². The number of nitriles is 1. The summed E-state index contributed by atoms with van der Waals surface area (Å²) in [6.07, 6.45) is 1.32. The molecule has 0 radical (unpaired) electrons. The molecule has 0 saturated carbocycles. The van der Waals surface area contributed by atoms with Gasteiger partial charge in [0.1, 0.15) is 11.8 Å². The van der Waals surface area contributed by atoms with Gasteiger partial charge in [0.25, 0.3) is 5.91 Å². The van der Waals surface area contributed by atoms with Gasteiger partial charge in [0.15, 0.2) is 0 Å². The second-order valence-corrected chi connectivity index (χ2v) is 2.82. The fourth-order valence-electron chi connectivity index (χ4n) is 0.888. The third kappa shape index (κ3) is 3.65. The molecule has 6 heteroatoms. The summed E-state index contributed by atoms with van der Waals surface area (Å²) in [6, 6.07) is 4.87. The first-order valence-corrected chi connectivity index (χ1v) is 4.55. The van der Waals surface area contributed by atoms with Gasteiger partial charge in [0.2, 0.25) is 0 Å². The average molecular weight is 221 g/mol. The molecule has 0 fully saturated rings. The molecule has 0 unspecified atom stereocenters. The number of carbonyl (C=O) groups excluding carboxylic acids is 1. The molecule has 0 spiro atoms. The minimum absolute atomic E-state index is 0.191. The van der Waals surface area contributed by atoms with E-state index in [0.717, 1.165) is 0 Å². The molecular formula is C10H11N3O3. The van der Waals surface area contributed by atoms with Gasteiger partial charge < -0.3 is 4.74 Å². The maximum absolute atomic E-state index is 11.4. The standard InChI is InChI=1S/C10H11N3O3/c1-15-4-5-16-13-10(14)9-3-2-8(6-11)7-12-9/h2-3,7H,4-5H2,1H3,(H,13,14). The Hall–Kier alpha value is -1.97. The van der Waals surface area contributed by atoms with Crippen molar-refractivity contribution in [1.29, 1.82) is 5.26 Å². The van der Waals surface area contributed by atoms with E-state index in [1.165, 1.54) is 25.4 Å². The molecule has 1 rings (SSSR count). The molecule has 1 heterocycles. The fraction of sp³-hybridized carbons (Fsp3) is 0.300. The first-order chi connectivity index (χ1) is 7.77. The van der Waals surface area contributed by atoms with Crippen LogP contribution in [0.4, 0.5) is 0 Å². The SMILES string of the molecule is COCCONC(=O)c1ccc(C#N)cn1. The zero-order valence-electron chi connectivity index (χ0n) is 8.77. The van der Waals surface area contributed by atoms with E-state index in [1.54, 1.807) is 0 Å². The zero-order valence-corrected chi connectivity index (χ0v) is 8.77. The number of pyridine rings is 1. The van der Waals surface area contributed by atoms with Gasteiger partial charge in [-0.15, -0.1) is 0 Å². The lowest BCUT2D eigenvalue weighted by molar-refractivity contribution is 0.00858. The van der Waals surface area contributed by atoms with Crippen LogP contribution in [0.15, 0.2) is 18.3 Å². The van der Waals surface area contributed by atoms with Crippen molar-refractivity contribution >= 4 is 5.91 Å². The Balaban J connectivity index is 2.44. The van der Waals surface area contributed by atoms with Crippen molar-refractivity contribution in [3.63, 3.8) is 0 Å². The Morgan fingerprint density at radius 2 is 2.38 bits per heavy atom. The van der Waals surface area contributed by atoms with Crippen molar-refractivity contribution in [3.8, 4) is 6.07 Å². The summed E-state index contributed by atoms with van der Waals surface area (Å²) >= 11 is 0. The van der Waals surface area contributed by atoms with Gasteiger partial charge in [0, 0.05) is 13.3 Å². The summed E-state index contributed by atoms with van der Waals surface area (Å²) in [4.78, 5) is 20.0. The lowest BCUT2D eigenvalue weighted by atomic mass is 10.2. The van der Waals surface area contributed by atoms with Gasteiger partial charge in [-0.1, -0.05) is 0 Å². The maximum atomic E-state index is 11.4. The molecule has 0 aliphatic rings. The minimum Gasteiger partial charge on any atom is -0.382 e. The highest BCUT2D eigenvalue weighted by molar-refractivity contribution is 5.91. The molecule has 0 bridgehead atoms. The number of hydrogen-bond donors (Lipinski definition) is 1. The van der Waals surface area contributed by atoms with E-state index in [0.29, 0.717) is 12.2 Å². The largest absolute Gasteiger partial charge is 0.382 e. The topological polar surface area (TPSA) is 84.2 Å². The molecule has 0 atom stereocenters. The molecule has 1 N–H and O–H groups in total. The van der Waals surface area contributed by atoms with E-state index >= 15 is 0 Å². The maximum Gasteiger partial charge on any atom is 0.293 e. The number of carbonyl (C=O) groups is 1. The van der Waals surface area contributed by atoms with Crippen LogP contribution in [0.25, 0.3) is 0 Å². The van der Waals surface area contributed by atoms with Crippen molar-refractivity contribution in [1.82, 2.24) is 10.5 Å². The average Bonchev–Trinajstić information content (AvgIpc) is 2.34. The van der Waals surface area contributed by atoms with Crippen LogP contribution in [0, 0.1) is 11.3 Å². The molecule has 84 valence electrons. The summed E-state index contributed by atoms with van der Waals surface area (Å²) in [5.41, 5.74) is 2.80. The number of hydroxylamine groups is 1. The summed E-state index contributed by atoms with van der Waals surface area (Å²) in [5.74, 6) is -0.458. The van der Waals surface area contributed by atoms with E-state index in [1.807, 2.05) is 6.07 Å². The molecule has 1 amide bonds. The van der Waals surface area contributed by atoms with E-state index in [9.17, 15) is 4.79 Å². The first-order valence-electron chi connectivity index (χ1n) is 4.55. The monoisotopic (exact) mass is 221 g/mol. The van der Waals surface area contributed by atoms with Gasteiger partial charge in [0.05, 0.1) is 18.8 Å². The number of hydrogen-bond acceptors (Lipinski definition) is 5. The number of ether oxygens (including phenoxy) is 1. The van der Waals surface area contributed by atoms with Crippen LogP contribution in [0.2, 0.25) is 0 Å². The van der Waals surface area contributed by atoms with E-state index in [-0.39, 0.29) is 12.3 Å². The van der Waals surface area contributed by atoms with Crippen LogP contribution < -0.4 is 5.48 Å². The quantitative estimate of drug-likeness (QED) is 0.569. The number of amides is 1. The van der Waals surface area contributed by atoms with E-state index < -0.39 is 5.91 Å². The van der Waals surface area contributed by atoms with Crippen LogP contribution >= 0.6 is 0 Å². The lowest BCUT2D eigenvalue weighted by Crippen LogP contribution is -2.26. The van der Waals surface area contributed by atoms with Crippen molar-refractivity contribution < 1.29 is 14.4 Å². The van der Waals surface area contributed by atoms with E-state index in [4.69, 9.17) is 14.8 Å². The van der Waals surface area contributed by atoms with Crippen LogP contribution in [0.3, 0.4) is 0 Å². The minimum atomic E-state index is -0.458. The van der Waals surface area contributed by atoms with Crippen LogP contribution in [0.5, 0.6) is 0 Å². The lowest BCUT2D eigenvalue weighted by Gasteiger charge is -2.04. The molecule has 0 aliphatic carbocycles. The second kappa shape index (κ2) is 6.50. The van der Waals surface area contributed by atoms with Crippen molar-refractivity contribution in [2.45, 2.75) is 0 Å². The van der Waals surface area contributed by atoms with Crippen LogP contribution in [-0.4, -0.2) is 31.2 Å². The van der Waals surface area contributed by atoms with Crippen molar-refractivity contribution in [3.05, 3.63) is 29.6 Å².